The molecule has 1 heterocycles. The molecule has 0 saturated carbocycles. The summed E-state index contributed by atoms with van der Waals surface area (Å²) in [5, 5.41) is 10.5. The molecule has 1 aromatic heterocycles. The molecular weight excluding hydrogens is 286 g/mol. The first kappa shape index (κ1) is 13.6. The molecule has 4 nitrogen and oxygen atoms in total. The van der Waals surface area contributed by atoms with Gasteiger partial charge >= 0.3 is 0 Å². The number of pyridine rings is 1. The Labute approximate surface area is 122 Å². The van der Waals surface area contributed by atoms with Gasteiger partial charge in [-0.15, -0.1) is 0 Å². The van der Waals surface area contributed by atoms with Crippen molar-refractivity contribution < 1.29 is 13.5 Å². The van der Waals surface area contributed by atoms with Gasteiger partial charge in [-0.1, -0.05) is 30.3 Å². The van der Waals surface area contributed by atoms with Crippen LogP contribution >= 0.6 is 0 Å². The SMILES string of the molecule is Cc1cc2cccc(O)c2nc1S(=O)(=O)c1ccccc1. The second kappa shape index (κ2) is 4.86. The Morgan fingerprint density at radius 1 is 1.00 bits per heavy atom. The molecule has 0 fully saturated rings. The van der Waals surface area contributed by atoms with E-state index in [1.807, 2.05) is 0 Å². The van der Waals surface area contributed by atoms with E-state index in [2.05, 4.69) is 4.98 Å². The molecular formula is C16H13NO3S. The number of phenols is 1. The third-order valence-corrected chi connectivity index (χ3v) is 5.09. The summed E-state index contributed by atoms with van der Waals surface area (Å²) in [6.45, 7) is 1.70. The van der Waals surface area contributed by atoms with Gasteiger partial charge in [0.15, 0.2) is 5.03 Å². The monoisotopic (exact) mass is 299 g/mol. The minimum atomic E-state index is -3.70. The minimum Gasteiger partial charge on any atom is -0.506 e. The predicted octanol–water partition coefficient (Wildman–Crippen LogP) is 3.08. The van der Waals surface area contributed by atoms with Gasteiger partial charge in [-0.25, -0.2) is 13.4 Å². The number of rotatable bonds is 2. The molecule has 0 unspecified atom stereocenters. The molecule has 0 bridgehead atoms. The van der Waals surface area contributed by atoms with Crippen LogP contribution in [0.15, 0.2) is 64.5 Å². The molecule has 21 heavy (non-hydrogen) atoms. The van der Waals surface area contributed by atoms with Crippen LogP contribution in [-0.2, 0) is 9.84 Å². The molecule has 0 aliphatic carbocycles. The Hall–Kier alpha value is -2.40. The van der Waals surface area contributed by atoms with Crippen molar-refractivity contribution in [3.63, 3.8) is 0 Å². The van der Waals surface area contributed by atoms with Crippen molar-refractivity contribution in [2.45, 2.75) is 16.8 Å². The van der Waals surface area contributed by atoms with E-state index in [9.17, 15) is 13.5 Å². The van der Waals surface area contributed by atoms with Gasteiger partial charge in [0, 0.05) is 5.39 Å². The highest BCUT2D eigenvalue weighted by atomic mass is 32.2. The normalized spacial score (nSPS) is 11.7. The molecule has 1 N–H and O–H groups in total. The molecule has 106 valence electrons. The Morgan fingerprint density at radius 3 is 2.43 bits per heavy atom. The number of hydrogen-bond donors (Lipinski definition) is 1. The fourth-order valence-corrected chi connectivity index (χ4v) is 3.69. The first-order chi connectivity index (χ1) is 10.00. The number of phenolic OH excluding ortho intramolecular Hbond substituents is 1. The van der Waals surface area contributed by atoms with Gasteiger partial charge < -0.3 is 5.11 Å². The van der Waals surface area contributed by atoms with E-state index in [0.717, 1.165) is 0 Å². The maximum Gasteiger partial charge on any atom is 0.224 e. The first-order valence-electron chi connectivity index (χ1n) is 6.39. The molecule has 3 rings (SSSR count). The molecule has 0 radical (unpaired) electrons. The standard InChI is InChI=1S/C16H13NO3S/c1-11-10-12-6-5-9-14(18)15(12)17-16(11)21(19,20)13-7-3-2-4-8-13/h2-10,18H,1H3. The number of sulfone groups is 1. The van der Waals surface area contributed by atoms with Crippen LogP contribution in [0.25, 0.3) is 10.9 Å². The van der Waals surface area contributed by atoms with Crippen LogP contribution in [0.3, 0.4) is 0 Å². The second-order valence-corrected chi connectivity index (χ2v) is 6.64. The largest absolute Gasteiger partial charge is 0.506 e. The molecule has 2 aromatic carbocycles. The third-order valence-electron chi connectivity index (χ3n) is 3.28. The number of aryl methyl sites for hydroxylation is 1. The maximum atomic E-state index is 12.7. The summed E-state index contributed by atoms with van der Waals surface area (Å²) < 4.78 is 25.3. The highest BCUT2D eigenvalue weighted by molar-refractivity contribution is 7.91. The van der Waals surface area contributed by atoms with E-state index in [0.29, 0.717) is 10.9 Å². The summed E-state index contributed by atoms with van der Waals surface area (Å²) in [4.78, 5) is 4.37. The van der Waals surface area contributed by atoms with Gasteiger partial charge in [0.2, 0.25) is 9.84 Å². The lowest BCUT2D eigenvalue weighted by molar-refractivity contribution is 0.480. The Morgan fingerprint density at radius 2 is 1.71 bits per heavy atom. The van der Waals surface area contributed by atoms with Gasteiger partial charge in [0.05, 0.1) is 4.90 Å². The van der Waals surface area contributed by atoms with Gasteiger partial charge in [-0.2, -0.15) is 0 Å². The van der Waals surface area contributed by atoms with Crippen molar-refractivity contribution in [2.75, 3.05) is 0 Å². The number of aromatic hydroxyl groups is 1. The van der Waals surface area contributed by atoms with Crippen LogP contribution in [0.2, 0.25) is 0 Å². The first-order valence-corrected chi connectivity index (χ1v) is 7.88. The lowest BCUT2D eigenvalue weighted by atomic mass is 10.1. The predicted molar refractivity (Wildman–Crippen MR) is 80.0 cm³/mol. The smallest absolute Gasteiger partial charge is 0.224 e. The van der Waals surface area contributed by atoms with E-state index < -0.39 is 9.84 Å². The maximum absolute atomic E-state index is 12.7. The highest BCUT2D eigenvalue weighted by Crippen LogP contribution is 2.28. The van der Waals surface area contributed by atoms with Crippen LogP contribution in [0.5, 0.6) is 5.75 Å². The number of para-hydroxylation sites is 1. The summed E-state index contributed by atoms with van der Waals surface area (Å²) in [6.07, 6.45) is 0. The van der Waals surface area contributed by atoms with Crippen LogP contribution in [0, 0.1) is 6.92 Å². The van der Waals surface area contributed by atoms with Crippen molar-refractivity contribution in [1.82, 2.24) is 4.98 Å². The summed E-state index contributed by atoms with van der Waals surface area (Å²) in [6, 6.07) is 14.9. The zero-order chi connectivity index (χ0) is 15.0. The zero-order valence-electron chi connectivity index (χ0n) is 11.3. The Balaban J connectivity index is 2.30. The average Bonchev–Trinajstić information content (AvgIpc) is 2.47. The number of nitrogens with zero attached hydrogens (tertiary/aromatic N) is 1. The molecule has 0 spiro atoms. The number of benzene rings is 2. The summed E-state index contributed by atoms with van der Waals surface area (Å²) >= 11 is 0. The van der Waals surface area contributed by atoms with Crippen LogP contribution in [-0.4, -0.2) is 18.5 Å². The number of aromatic nitrogens is 1. The minimum absolute atomic E-state index is 0.0253. The van der Waals surface area contributed by atoms with E-state index in [4.69, 9.17) is 0 Å². The van der Waals surface area contributed by atoms with E-state index in [1.54, 1.807) is 43.3 Å². The lowest BCUT2D eigenvalue weighted by Gasteiger charge is -2.09. The fourth-order valence-electron chi connectivity index (χ4n) is 2.25. The average molecular weight is 299 g/mol. The quantitative estimate of drug-likeness (QED) is 0.789. The van der Waals surface area contributed by atoms with Crippen molar-refractivity contribution in [3.05, 3.63) is 60.2 Å². The van der Waals surface area contributed by atoms with E-state index in [-0.39, 0.29) is 21.2 Å². The summed E-state index contributed by atoms with van der Waals surface area (Å²) in [5.41, 5.74) is 0.842. The third kappa shape index (κ3) is 2.25. The van der Waals surface area contributed by atoms with Crippen LogP contribution in [0.1, 0.15) is 5.56 Å². The van der Waals surface area contributed by atoms with Gasteiger partial charge in [-0.05, 0) is 36.8 Å². The number of hydrogen-bond acceptors (Lipinski definition) is 4. The zero-order valence-corrected chi connectivity index (χ0v) is 12.1. The molecule has 0 aliphatic rings. The fraction of sp³-hybridized carbons (Fsp3) is 0.0625. The van der Waals surface area contributed by atoms with Gasteiger partial charge in [0.25, 0.3) is 0 Å². The van der Waals surface area contributed by atoms with E-state index in [1.165, 1.54) is 18.2 Å². The van der Waals surface area contributed by atoms with Crippen molar-refractivity contribution in [1.29, 1.82) is 0 Å². The molecule has 5 heteroatoms. The van der Waals surface area contributed by atoms with Gasteiger partial charge in [0.1, 0.15) is 11.3 Å². The molecule has 0 aliphatic heterocycles. The Kier molecular flexibility index (Phi) is 3.14. The van der Waals surface area contributed by atoms with Crippen molar-refractivity contribution in [3.8, 4) is 5.75 Å². The topological polar surface area (TPSA) is 67.3 Å². The molecule has 0 atom stereocenters. The van der Waals surface area contributed by atoms with Crippen molar-refractivity contribution in [2.24, 2.45) is 0 Å². The second-order valence-electron chi connectivity index (χ2n) is 4.78. The van der Waals surface area contributed by atoms with Crippen LogP contribution < -0.4 is 0 Å². The molecule has 0 saturated heterocycles. The Bertz CT molecular complexity index is 919. The number of fused-ring (bicyclic) bond motifs is 1. The van der Waals surface area contributed by atoms with E-state index >= 15 is 0 Å². The molecule has 0 amide bonds. The lowest BCUT2D eigenvalue weighted by Crippen LogP contribution is -2.07. The summed E-state index contributed by atoms with van der Waals surface area (Å²) in [7, 11) is -3.70. The van der Waals surface area contributed by atoms with Crippen LogP contribution in [0.4, 0.5) is 0 Å². The highest BCUT2D eigenvalue weighted by Gasteiger charge is 2.22. The molecule has 3 aromatic rings. The van der Waals surface area contributed by atoms with Crippen molar-refractivity contribution >= 4 is 20.7 Å². The van der Waals surface area contributed by atoms with Gasteiger partial charge in [-0.3, -0.25) is 0 Å². The summed E-state index contributed by atoms with van der Waals surface area (Å²) in [5.74, 6) is -0.0305.